The zero-order valence-electron chi connectivity index (χ0n) is 21.8. The van der Waals surface area contributed by atoms with Gasteiger partial charge in [-0.25, -0.2) is 9.78 Å². The first-order valence-electron chi connectivity index (χ1n) is 13.1. The molecule has 196 valence electrons. The van der Waals surface area contributed by atoms with Crippen LogP contribution in [-0.2, 0) is 11.3 Å². The van der Waals surface area contributed by atoms with E-state index in [9.17, 15) is 15.2 Å². The fourth-order valence-electron chi connectivity index (χ4n) is 6.88. The van der Waals surface area contributed by atoms with Crippen molar-refractivity contribution >= 4 is 17.9 Å². The largest absolute Gasteiger partial charge is 0.508 e. The molecule has 1 amide bonds. The van der Waals surface area contributed by atoms with Crippen LogP contribution in [0.2, 0.25) is 0 Å². The molecule has 5 atom stereocenters. The molecule has 4 saturated carbocycles. The second-order valence-electron chi connectivity index (χ2n) is 12.0. The lowest BCUT2D eigenvalue weighted by atomic mass is 9.48. The Kier molecular flexibility index (Phi) is 6.61. The third-order valence-corrected chi connectivity index (χ3v) is 8.05. The van der Waals surface area contributed by atoms with E-state index in [1.54, 1.807) is 12.1 Å². The van der Waals surface area contributed by atoms with Gasteiger partial charge in [-0.1, -0.05) is 18.2 Å². The van der Waals surface area contributed by atoms with Gasteiger partial charge in [0.1, 0.15) is 28.8 Å². The summed E-state index contributed by atoms with van der Waals surface area (Å²) in [7, 11) is 0. The van der Waals surface area contributed by atoms with Crippen molar-refractivity contribution in [3.05, 3.63) is 41.6 Å². The van der Waals surface area contributed by atoms with E-state index in [2.05, 4.69) is 32.0 Å². The zero-order chi connectivity index (χ0) is 26.2. The van der Waals surface area contributed by atoms with Crippen LogP contribution in [0, 0.1) is 34.5 Å². The topological polar surface area (TPSA) is 132 Å². The van der Waals surface area contributed by atoms with Crippen molar-refractivity contribution < 1.29 is 14.6 Å². The molecule has 1 heterocycles. The Morgan fingerprint density at radius 3 is 2.59 bits per heavy atom. The van der Waals surface area contributed by atoms with Crippen molar-refractivity contribution in [2.24, 2.45) is 23.2 Å². The molecule has 4 aliphatic carbocycles. The van der Waals surface area contributed by atoms with Crippen LogP contribution in [0.3, 0.4) is 0 Å². The van der Waals surface area contributed by atoms with Crippen LogP contribution >= 0.6 is 0 Å². The summed E-state index contributed by atoms with van der Waals surface area (Å²) in [6, 6.07) is 9.48. The Hall–Kier alpha value is -3.54. The molecule has 6 rings (SSSR count). The number of para-hydroxylation sites is 1. The Bertz CT molecular complexity index is 1190. The maximum Gasteiger partial charge on any atom is 0.407 e. The molecule has 2 aromatic rings. The van der Waals surface area contributed by atoms with Crippen LogP contribution in [0.5, 0.6) is 5.75 Å². The molecular formula is C28H36N6O3. The number of amides is 1. The first-order valence-corrected chi connectivity index (χ1v) is 13.1. The van der Waals surface area contributed by atoms with Gasteiger partial charge in [-0.05, 0) is 82.1 Å². The van der Waals surface area contributed by atoms with Gasteiger partial charge in [0.25, 0.3) is 0 Å². The maximum atomic E-state index is 12.5. The summed E-state index contributed by atoms with van der Waals surface area (Å²) in [5.74, 6) is 2.69. The minimum Gasteiger partial charge on any atom is -0.508 e. The van der Waals surface area contributed by atoms with Crippen LogP contribution in [-0.4, -0.2) is 39.4 Å². The normalized spacial score (nSPS) is 27.8. The Morgan fingerprint density at radius 1 is 1.19 bits per heavy atom. The minimum absolute atomic E-state index is 0.129. The molecule has 0 radical (unpaired) electrons. The predicted octanol–water partition coefficient (Wildman–Crippen LogP) is 4.80. The zero-order valence-corrected chi connectivity index (χ0v) is 21.8. The number of aromatic nitrogens is 2. The van der Waals surface area contributed by atoms with Gasteiger partial charge in [-0.15, -0.1) is 0 Å². The highest BCUT2D eigenvalue weighted by Crippen LogP contribution is 2.60. The average Bonchev–Trinajstić information content (AvgIpc) is 2.83. The summed E-state index contributed by atoms with van der Waals surface area (Å²) < 4.78 is 5.54. The molecule has 0 spiro atoms. The highest BCUT2D eigenvalue weighted by molar-refractivity contribution is 5.68. The van der Waals surface area contributed by atoms with Crippen LogP contribution < -0.4 is 16.0 Å². The number of aromatic hydroxyl groups is 1. The molecule has 0 saturated heterocycles. The van der Waals surface area contributed by atoms with Gasteiger partial charge in [-0.2, -0.15) is 10.2 Å². The van der Waals surface area contributed by atoms with E-state index in [1.807, 2.05) is 32.9 Å². The van der Waals surface area contributed by atoms with Crippen molar-refractivity contribution in [3.8, 4) is 11.8 Å². The van der Waals surface area contributed by atoms with E-state index in [0.29, 0.717) is 41.6 Å². The molecule has 1 aromatic heterocycles. The van der Waals surface area contributed by atoms with Gasteiger partial charge in [0.2, 0.25) is 5.95 Å². The van der Waals surface area contributed by atoms with Crippen LogP contribution in [0.1, 0.15) is 64.0 Å². The highest BCUT2D eigenvalue weighted by atomic mass is 16.6. The number of nitrogens with one attached hydrogen (secondary N) is 3. The Balaban J connectivity index is 1.24. The summed E-state index contributed by atoms with van der Waals surface area (Å²) in [5, 5.41) is 29.5. The molecule has 4 bridgehead atoms. The molecule has 4 fully saturated rings. The number of rotatable bonds is 7. The van der Waals surface area contributed by atoms with Gasteiger partial charge in [0, 0.05) is 24.7 Å². The van der Waals surface area contributed by atoms with Crippen molar-refractivity contribution in [1.29, 1.82) is 5.26 Å². The molecule has 4 aliphatic rings. The van der Waals surface area contributed by atoms with Crippen molar-refractivity contribution in [2.75, 3.05) is 17.2 Å². The maximum absolute atomic E-state index is 12.5. The molecule has 4 N–H and O–H groups in total. The van der Waals surface area contributed by atoms with Crippen molar-refractivity contribution in [3.63, 3.8) is 0 Å². The van der Waals surface area contributed by atoms with Crippen LogP contribution in [0.4, 0.5) is 16.6 Å². The third-order valence-electron chi connectivity index (χ3n) is 8.05. The number of phenols is 1. The summed E-state index contributed by atoms with van der Waals surface area (Å²) in [4.78, 5) is 21.4. The van der Waals surface area contributed by atoms with Gasteiger partial charge < -0.3 is 25.8 Å². The molecule has 9 nitrogen and oxygen atoms in total. The molecule has 37 heavy (non-hydrogen) atoms. The number of hydrogen-bond donors (Lipinski definition) is 4. The number of ether oxygens (including phenoxy) is 1. The SMILES string of the molecule is CC(C)(C)OC(=O)N[C@@H]1[C@@H]2CC3C[C@H]1C[C@@](CNc1nc(NCc4ccccc4O)ncc1C#N)(C3)C2. The Labute approximate surface area is 218 Å². The fourth-order valence-corrected chi connectivity index (χ4v) is 6.88. The number of benzene rings is 1. The van der Waals surface area contributed by atoms with Crippen LogP contribution in [0.25, 0.3) is 0 Å². The molecular weight excluding hydrogens is 468 g/mol. The van der Waals surface area contributed by atoms with Gasteiger partial charge in [-0.3, -0.25) is 0 Å². The molecule has 1 unspecified atom stereocenters. The third kappa shape index (κ3) is 5.58. The van der Waals surface area contributed by atoms with E-state index in [-0.39, 0.29) is 23.3 Å². The number of anilines is 2. The van der Waals surface area contributed by atoms with E-state index in [1.165, 1.54) is 6.20 Å². The van der Waals surface area contributed by atoms with Gasteiger partial charge in [0.15, 0.2) is 0 Å². The van der Waals surface area contributed by atoms with E-state index in [4.69, 9.17) is 4.74 Å². The Morgan fingerprint density at radius 2 is 1.92 bits per heavy atom. The number of alkyl carbamates (subject to hydrolysis) is 1. The van der Waals surface area contributed by atoms with E-state index >= 15 is 0 Å². The monoisotopic (exact) mass is 504 g/mol. The smallest absolute Gasteiger partial charge is 0.407 e. The second kappa shape index (κ2) is 9.73. The molecule has 9 heteroatoms. The van der Waals surface area contributed by atoms with E-state index in [0.717, 1.165) is 44.2 Å². The second-order valence-corrected chi connectivity index (χ2v) is 12.0. The minimum atomic E-state index is -0.508. The first kappa shape index (κ1) is 25.1. The number of hydrogen-bond acceptors (Lipinski definition) is 8. The highest BCUT2D eigenvalue weighted by Gasteiger charge is 2.55. The number of carbonyl (C=O) groups is 1. The summed E-state index contributed by atoms with van der Waals surface area (Å²) in [5.41, 5.74) is 0.770. The van der Waals surface area contributed by atoms with Crippen LogP contribution in [0.15, 0.2) is 30.5 Å². The van der Waals surface area contributed by atoms with Crippen molar-refractivity contribution in [1.82, 2.24) is 15.3 Å². The quantitative estimate of drug-likeness (QED) is 0.423. The predicted molar refractivity (Wildman–Crippen MR) is 140 cm³/mol. The molecule has 0 aliphatic heterocycles. The average molecular weight is 505 g/mol. The summed E-state index contributed by atoms with van der Waals surface area (Å²) >= 11 is 0. The van der Waals surface area contributed by atoms with Gasteiger partial charge in [0.05, 0.1) is 6.20 Å². The number of nitrogens with zero attached hydrogens (tertiary/aromatic N) is 3. The lowest BCUT2D eigenvalue weighted by Gasteiger charge is -2.60. The standard InChI is InChI=1S/C28H36N6O3/c1-27(2,3)37-26(36)33-23-19-8-17-9-20(23)12-28(10-17,11-19)16-32-24-21(13-29)15-31-25(34-24)30-14-18-6-4-5-7-22(18)35/h4-7,15,17,19-20,23,35H,8-12,14,16H2,1-3H3,(H,33,36)(H2,30,31,32,34)/t17?,19-,20+,23-,28-. The summed E-state index contributed by atoms with van der Waals surface area (Å²) in [6.45, 7) is 6.77. The van der Waals surface area contributed by atoms with E-state index < -0.39 is 5.60 Å². The lowest BCUT2D eigenvalue weighted by Crippen LogP contribution is -2.60. The first-order chi connectivity index (χ1) is 17.6. The summed E-state index contributed by atoms with van der Waals surface area (Å²) in [6.07, 6.45) is 6.75. The number of nitriles is 1. The lowest BCUT2D eigenvalue weighted by molar-refractivity contribution is -0.0703. The molecule has 1 aromatic carbocycles. The van der Waals surface area contributed by atoms with Crippen molar-refractivity contribution in [2.45, 2.75) is 71.1 Å². The fraction of sp³-hybridized carbons (Fsp3) is 0.571. The number of phenolic OH excluding ortho intramolecular Hbond substituents is 1. The van der Waals surface area contributed by atoms with Gasteiger partial charge >= 0.3 is 6.09 Å². The number of carbonyl (C=O) groups excluding carboxylic acids is 1.